The zero-order chi connectivity index (χ0) is 15.7. The van der Waals surface area contributed by atoms with Crippen molar-refractivity contribution in [3.05, 3.63) is 12.7 Å². The minimum absolute atomic E-state index is 0.0678. The van der Waals surface area contributed by atoms with Crippen LogP contribution >= 0.6 is 0 Å². The van der Waals surface area contributed by atoms with Crippen molar-refractivity contribution in [3.63, 3.8) is 0 Å². The monoisotopic (exact) mass is 302 g/mol. The van der Waals surface area contributed by atoms with Crippen LogP contribution in [-0.2, 0) is 9.53 Å². The van der Waals surface area contributed by atoms with Crippen molar-refractivity contribution in [2.24, 2.45) is 34.0 Å². The van der Waals surface area contributed by atoms with E-state index in [9.17, 15) is 9.90 Å². The number of hydrogen-bond acceptors (Lipinski definition) is 3. The number of carbonyl (C=O) groups excluding carboxylic acids is 1. The summed E-state index contributed by atoms with van der Waals surface area (Å²) in [7, 11) is 0. The van der Waals surface area contributed by atoms with E-state index in [-0.39, 0.29) is 40.0 Å². The molecule has 9 atom stereocenters. The second-order valence-electron chi connectivity index (χ2n) is 9.09. The first-order chi connectivity index (χ1) is 10.3. The molecule has 0 bridgehead atoms. The number of aliphatic hydroxyl groups is 1. The minimum atomic E-state index is -0.311. The molecule has 4 aliphatic carbocycles. The van der Waals surface area contributed by atoms with Crippen molar-refractivity contribution in [1.82, 2.24) is 0 Å². The average molecular weight is 302 g/mol. The number of epoxide rings is 1. The number of Topliss-reactive ketones (excluding diaryl/α,β-unsaturated/α-hetero) is 1. The molecule has 120 valence electrons. The molecule has 5 fully saturated rings. The summed E-state index contributed by atoms with van der Waals surface area (Å²) in [6.07, 6.45) is 5.65. The number of carbonyl (C=O) groups is 1. The molecule has 0 aromatic carbocycles. The molecule has 1 aliphatic heterocycles. The van der Waals surface area contributed by atoms with Crippen LogP contribution in [0.25, 0.3) is 0 Å². The third kappa shape index (κ3) is 0.935. The molecule has 0 amide bonds. The maximum Gasteiger partial charge on any atom is 0.167 e. The quantitative estimate of drug-likeness (QED) is 0.598. The van der Waals surface area contributed by atoms with Crippen LogP contribution < -0.4 is 0 Å². The van der Waals surface area contributed by atoms with Gasteiger partial charge in [-0.15, -0.1) is 6.58 Å². The highest BCUT2D eigenvalue weighted by Gasteiger charge is 2.91. The molecule has 3 heteroatoms. The van der Waals surface area contributed by atoms with Crippen LogP contribution in [0.4, 0.5) is 0 Å². The first-order valence-electron chi connectivity index (χ1n) is 8.82. The van der Waals surface area contributed by atoms with Gasteiger partial charge in [0.1, 0.15) is 11.7 Å². The number of allylic oxidation sites excluding steroid dienone is 1. The summed E-state index contributed by atoms with van der Waals surface area (Å²) in [5.74, 6) is 1.16. The van der Waals surface area contributed by atoms with Crippen molar-refractivity contribution in [2.45, 2.75) is 64.3 Å². The molecule has 4 saturated carbocycles. The van der Waals surface area contributed by atoms with Crippen LogP contribution in [0.5, 0.6) is 0 Å². The lowest BCUT2D eigenvalue weighted by Gasteiger charge is -2.46. The molecule has 2 spiro atoms. The van der Waals surface area contributed by atoms with E-state index in [1.165, 1.54) is 0 Å². The van der Waals surface area contributed by atoms with Gasteiger partial charge in [-0.1, -0.05) is 26.8 Å². The van der Waals surface area contributed by atoms with Crippen molar-refractivity contribution < 1.29 is 14.6 Å². The fourth-order valence-electron chi connectivity index (χ4n) is 8.05. The first kappa shape index (κ1) is 13.7. The van der Waals surface area contributed by atoms with Gasteiger partial charge >= 0.3 is 0 Å². The summed E-state index contributed by atoms with van der Waals surface area (Å²) >= 11 is 0. The van der Waals surface area contributed by atoms with Gasteiger partial charge < -0.3 is 9.84 Å². The maximum absolute atomic E-state index is 12.5. The Morgan fingerprint density at radius 1 is 1.36 bits per heavy atom. The maximum atomic E-state index is 12.5. The fourth-order valence-corrected chi connectivity index (χ4v) is 8.05. The predicted octanol–water partition coefficient (Wildman–Crippen LogP) is 2.72. The lowest BCUT2D eigenvalue weighted by molar-refractivity contribution is -0.125. The highest BCUT2D eigenvalue weighted by molar-refractivity contribution is 5.93. The molecule has 0 radical (unpaired) electrons. The van der Waals surface area contributed by atoms with E-state index in [0.717, 1.165) is 25.7 Å². The van der Waals surface area contributed by atoms with E-state index in [0.29, 0.717) is 17.6 Å². The fraction of sp³-hybridized carbons (Fsp3) is 0.842. The lowest BCUT2D eigenvalue weighted by Crippen LogP contribution is -2.46. The molecule has 1 saturated heterocycles. The number of ether oxygens (including phenoxy) is 1. The van der Waals surface area contributed by atoms with Gasteiger partial charge in [0.05, 0.1) is 6.10 Å². The second-order valence-corrected chi connectivity index (χ2v) is 9.09. The van der Waals surface area contributed by atoms with Gasteiger partial charge in [-0.2, -0.15) is 0 Å². The molecular weight excluding hydrogens is 276 g/mol. The minimum Gasteiger partial charge on any atom is -0.392 e. The van der Waals surface area contributed by atoms with Crippen LogP contribution in [0, 0.1) is 34.0 Å². The normalized spacial score (nSPS) is 67.6. The number of hydrogen-bond donors (Lipinski definition) is 1. The molecule has 5 aliphatic rings. The molecule has 0 unspecified atom stereocenters. The van der Waals surface area contributed by atoms with E-state index in [2.05, 4.69) is 33.4 Å². The van der Waals surface area contributed by atoms with Gasteiger partial charge in [0.25, 0.3) is 0 Å². The van der Waals surface area contributed by atoms with Crippen LogP contribution in [0.2, 0.25) is 0 Å². The van der Waals surface area contributed by atoms with Crippen LogP contribution in [0.1, 0.15) is 46.5 Å². The SMILES string of the molecule is C=C[C@H]1CC[C@@]23C[C@@H]4[C@H](C)C(=O)[C@H]5O[C@]54[C@@]2(C)C[C@H](O)[C@]13C. The Balaban J connectivity index is 1.72. The summed E-state index contributed by atoms with van der Waals surface area (Å²) < 4.78 is 6.14. The van der Waals surface area contributed by atoms with E-state index < -0.39 is 0 Å². The Morgan fingerprint density at radius 2 is 2.09 bits per heavy atom. The van der Waals surface area contributed by atoms with E-state index in [1.807, 2.05) is 0 Å². The van der Waals surface area contributed by atoms with Crippen molar-refractivity contribution in [3.8, 4) is 0 Å². The van der Waals surface area contributed by atoms with Crippen molar-refractivity contribution in [1.29, 1.82) is 0 Å². The zero-order valence-corrected chi connectivity index (χ0v) is 13.8. The van der Waals surface area contributed by atoms with E-state index in [1.54, 1.807) is 0 Å². The molecule has 22 heavy (non-hydrogen) atoms. The van der Waals surface area contributed by atoms with Gasteiger partial charge in [-0.05, 0) is 37.0 Å². The number of ketones is 1. The summed E-state index contributed by atoms with van der Waals surface area (Å²) in [5.41, 5.74) is -0.339. The summed E-state index contributed by atoms with van der Waals surface area (Å²) in [6, 6.07) is 0. The third-order valence-electron chi connectivity index (χ3n) is 9.26. The average Bonchev–Trinajstić information content (AvgIpc) is 3.00. The van der Waals surface area contributed by atoms with Crippen LogP contribution in [0.3, 0.4) is 0 Å². The molecule has 0 aromatic rings. The Morgan fingerprint density at radius 3 is 2.77 bits per heavy atom. The smallest absolute Gasteiger partial charge is 0.167 e. The van der Waals surface area contributed by atoms with Gasteiger partial charge in [-0.25, -0.2) is 0 Å². The molecule has 5 rings (SSSR count). The van der Waals surface area contributed by atoms with Crippen LogP contribution in [-0.4, -0.2) is 28.7 Å². The summed E-state index contributed by atoms with van der Waals surface area (Å²) in [5, 5.41) is 11.0. The second kappa shape index (κ2) is 3.39. The van der Waals surface area contributed by atoms with Gasteiger partial charge in [0.2, 0.25) is 0 Å². The Bertz CT molecular complexity index is 614. The molecule has 3 nitrogen and oxygen atoms in total. The summed E-state index contributed by atoms with van der Waals surface area (Å²) in [4.78, 5) is 12.5. The lowest BCUT2D eigenvalue weighted by atomic mass is 9.56. The molecule has 1 heterocycles. The molecule has 0 aromatic heterocycles. The van der Waals surface area contributed by atoms with E-state index in [4.69, 9.17) is 4.74 Å². The Labute approximate surface area is 132 Å². The highest BCUT2D eigenvalue weighted by atomic mass is 16.6. The number of rotatable bonds is 1. The predicted molar refractivity (Wildman–Crippen MR) is 82.1 cm³/mol. The van der Waals surface area contributed by atoms with Gasteiger partial charge in [0.15, 0.2) is 5.78 Å². The van der Waals surface area contributed by atoms with Crippen LogP contribution in [0.15, 0.2) is 12.7 Å². The first-order valence-corrected chi connectivity index (χ1v) is 8.82. The van der Waals surface area contributed by atoms with Gasteiger partial charge in [-0.3, -0.25) is 4.79 Å². The third-order valence-corrected chi connectivity index (χ3v) is 9.26. The number of aliphatic hydroxyl groups excluding tert-OH is 1. The standard InChI is InChI=1S/C19H26O3/c1-5-11-6-7-18-8-12-10(2)14(21)15-19(12,22-15)16(18,3)9-13(20)17(11,18)4/h5,10-13,15,20H,1,6-9H2,2-4H3/t10-,11-,12+,13-,15+,16-,17-,18+,19-/m0/s1. The highest BCUT2D eigenvalue weighted by Crippen LogP contribution is 2.87. The van der Waals surface area contributed by atoms with Crippen molar-refractivity contribution in [2.75, 3.05) is 0 Å². The molecule has 1 N–H and O–H groups in total. The van der Waals surface area contributed by atoms with Crippen molar-refractivity contribution >= 4 is 5.78 Å². The largest absolute Gasteiger partial charge is 0.392 e. The molecular formula is C19H26O3. The summed E-state index contributed by atoms with van der Waals surface area (Å²) in [6.45, 7) is 10.7. The zero-order valence-electron chi connectivity index (χ0n) is 13.8. The Kier molecular flexibility index (Phi) is 2.12. The Hall–Kier alpha value is -0.670. The topological polar surface area (TPSA) is 49.8 Å². The van der Waals surface area contributed by atoms with Gasteiger partial charge in [0, 0.05) is 22.7 Å². The van der Waals surface area contributed by atoms with E-state index >= 15 is 0 Å².